The highest BCUT2D eigenvalue weighted by Gasteiger charge is 2.30. The van der Waals surface area contributed by atoms with Crippen LogP contribution in [0.25, 0.3) is 0 Å². The van der Waals surface area contributed by atoms with Gasteiger partial charge in [0.05, 0.1) is 0 Å². The molecule has 1 aliphatic heterocycles. The van der Waals surface area contributed by atoms with Crippen LogP contribution in [0.5, 0.6) is 5.75 Å². The Hall–Kier alpha value is -1.75. The molecule has 1 N–H and O–H groups in total. The maximum atomic E-state index is 13.1. The summed E-state index contributed by atoms with van der Waals surface area (Å²) in [6.07, 6.45) is 1.28. The molecule has 1 fully saturated rings. The second-order valence-electron chi connectivity index (χ2n) is 6.25. The van der Waals surface area contributed by atoms with E-state index in [0.717, 1.165) is 31.5 Å². The lowest BCUT2D eigenvalue weighted by Gasteiger charge is -2.34. The van der Waals surface area contributed by atoms with Crippen molar-refractivity contribution in [3.8, 4) is 5.75 Å². The summed E-state index contributed by atoms with van der Waals surface area (Å²) < 4.78 is 6.06. The lowest BCUT2D eigenvalue weighted by atomic mass is 10.0. The van der Waals surface area contributed by atoms with Crippen LogP contribution in [-0.4, -0.2) is 37.0 Å². The van der Waals surface area contributed by atoms with Crippen molar-refractivity contribution < 1.29 is 9.53 Å². The Morgan fingerprint density at radius 2 is 1.73 bits per heavy atom. The Labute approximate surface area is 165 Å². The second kappa shape index (κ2) is 9.81. The van der Waals surface area contributed by atoms with Crippen LogP contribution in [0, 0.1) is 0 Å². The number of amides is 1. The average molecular weight is 395 g/mol. The summed E-state index contributed by atoms with van der Waals surface area (Å²) in [6.45, 7) is 1.50. The van der Waals surface area contributed by atoms with Crippen molar-refractivity contribution in [3.05, 3.63) is 65.2 Å². The Bertz CT molecular complexity index is 687. The summed E-state index contributed by atoms with van der Waals surface area (Å²) >= 11 is 5.94. The van der Waals surface area contributed by atoms with Gasteiger partial charge in [-0.15, -0.1) is 12.4 Å². The molecule has 3 rings (SSSR count). The number of benzene rings is 2. The molecule has 0 bridgehead atoms. The van der Waals surface area contributed by atoms with Crippen LogP contribution in [0.3, 0.4) is 0 Å². The molecule has 1 unspecified atom stereocenters. The number of nitrogens with one attached hydrogen (secondary N) is 1. The van der Waals surface area contributed by atoms with E-state index in [-0.39, 0.29) is 18.3 Å². The fraction of sp³-hybridized carbons (Fsp3) is 0.350. The number of hydrogen-bond donors (Lipinski definition) is 1. The number of halogens is 2. The summed E-state index contributed by atoms with van der Waals surface area (Å²) in [4.78, 5) is 15.0. The van der Waals surface area contributed by atoms with Gasteiger partial charge in [0.25, 0.3) is 5.91 Å². The first kappa shape index (κ1) is 20.6. The van der Waals surface area contributed by atoms with Crippen molar-refractivity contribution >= 4 is 29.9 Å². The van der Waals surface area contributed by atoms with E-state index in [1.807, 2.05) is 42.3 Å². The molecule has 1 saturated heterocycles. The third kappa shape index (κ3) is 5.13. The molecule has 1 atom stereocenters. The third-order valence-corrected chi connectivity index (χ3v) is 4.86. The molecule has 2 aromatic rings. The zero-order chi connectivity index (χ0) is 17.6. The molecule has 1 aliphatic rings. The molecule has 0 aliphatic carbocycles. The molecular formula is C20H24Cl2N2O2. The number of piperidine rings is 1. The SMILES string of the molecule is CNC1CCN(C(=O)C(Oc2ccc(Cl)cc2)c2ccccc2)CC1.Cl. The largest absolute Gasteiger partial charge is 0.476 e. The van der Waals surface area contributed by atoms with Gasteiger partial charge in [0.15, 0.2) is 0 Å². The number of ether oxygens (including phenoxy) is 1. The predicted octanol–water partition coefficient (Wildman–Crippen LogP) is 4.09. The molecular weight excluding hydrogens is 371 g/mol. The van der Waals surface area contributed by atoms with Crippen LogP contribution in [0.15, 0.2) is 54.6 Å². The number of carbonyl (C=O) groups excluding carboxylic acids is 1. The normalized spacial score (nSPS) is 15.8. The molecule has 0 radical (unpaired) electrons. The van der Waals surface area contributed by atoms with E-state index in [2.05, 4.69) is 5.32 Å². The van der Waals surface area contributed by atoms with Crippen LogP contribution in [0.4, 0.5) is 0 Å². The Morgan fingerprint density at radius 1 is 1.12 bits per heavy atom. The van der Waals surface area contributed by atoms with Crippen molar-refractivity contribution in [1.29, 1.82) is 0 Å². The number of likely N-dealkylation sites (tertiary alicyclic amines) is 1. The summed E-state index contributed by atoms with van der Waals surface area (Å²) in [5, 5.41) is 3.93. The van der Waals surface area contributed by atoms with E-state index >= 15 is 0 Å². The molecule has 1 heterocycles. The lowest BCUT2D eigenvalue weighted by molar-refractivity contribution is -0.140. The van der Waals surface area contributed by atoms with Crippen molar-refractivity contribution in [2.75, 3.05) is 20.1 Å². The fourth-order valence-electron chi connectivity index (χ4n) is 3.09. The monoisotopic (exact) mass is 394 g/mol. The van der Waals surface area contributed by atoms with Gasteiger partial charge in [0.1, 0.15) is 5.75 Å². The lowest BCUT2D eigenvalue weighted by Crippen LogP contribution is -2.46. The average Bonchev–Trinajstić information content (AvgIpc) is 2.68. The minimum Gasteiger partial charge on any atom is -0.476 e. The first-order valence-corrected chi connectivity index (χ1v) is 8.98. The van der Waals surface area contributed by atoms with E-state index in [1.165, 1.54) is 0 Å². The molecule has 0 saturated carbocycles. The molecule has 6 heteroatoms. The highest BCUT2D eigenvalue weighted by atomic mass is 35.5. The molecule has 4 nitrogen and oxygen atoms in total. The van der Waals surface area contributed by atoms with Gasteiger partial charge in [0.2, 0.25) is 6.10 Å². The van der Waals surface area contributed by atoms with Crippen LogP contribution in [-0.2, 0) is 4.79 Å². The van der Waals surface area contributed by atoms with Gasteiger partial charge in [-0.2, -0.15) is 0 Å². The summed E-state index contributed by atoms with van der Waals surface area (Å²) in [5.41, 5.74) is 0.859. The van der Waals surface area contributed by atoms with E-state index in [1.54, 1.807) is 24.3 Å². The summed E-state index contributed by atoms with van der Waals surface area (Å²) in [7, 11) is 1.97. The Kier molecular flexibility index (Phi) is 7.76. The van der Waals surface area contributed by atoms with E-state index < -0.39 is 6.10 Å². The van der Waals surface area contributed by atoms with Crippen LogP contribution in [0.2, 0.25) is 5.02 Å². The standard InChI is InChI=1S/C20H23ClN2O2.ClH/c1-22-17-11-13-23(14-12-17)20(24)19(15-5-3-2-4-6-15)25-18-9-7-16(21)8-10-18;/h2-10,17,19,22H,11-14H2,1H3;1H. The first-order valence-electron chi connectivity index (χ1n) is 8.60. The predicted molar refractivity (Wildman–Crippen MR) is 107 cm³/mol. The van der Waals surface area contributed by atoms with E-state index in [9.17, 15) is 4.79 Å². The Balaban J connectivity index is 0.00000243. The number of nitrogens with zero attached hydrogens (tertiary/aromatic N) is 1. The maximum absolute atomic E-state index is 13.1. The fourth-order valence-corrected chi connectivity index (χ4v) is 3.22. The maximum Gasteiger partial charge on any atom is 0.268 e. The highest BCUT2D eigenvalue weighted by Crippen LogP contribution is 2.26. The zero-order valence-electron chi connectivity index (χ0n) is 14.7. The van der Waals surface area contributed by atoms with Crippen LogP contribution >= 0.6 is 24.0 Å². The number of hydrogen-bond acceptors (Lipinski definition) is 3. The van der Waals surface area contributed by atoms with E-state index in [0.29, 0.717) is 16.8 Å². The molecule has 1 amide bonds. The minimum atomic E-state index is -0.645. The second-order valence-corrected chi connectivity index (χ2v) is 6.69. The van der Waals surface area contributed by atoms with Crippen molar-refractivity contribution in [3.63, 3.8) is 0 Å². The van der Waals surface area contributed by atoms with Crippen LogP contribution in [0.1, 0.15) is 24.5 Å². The van der Waals surface area contributed by atoms with Gasteiger partial charge in [-0.3, -0.25) is 4.79 Å². The Morgan fingerprint density at radius 3 is 2.31 bits per heavy atom. The van der Waals surface area contributed by atoms with Gasteiger partial charge >= 0.3 is 0 Å². The quantitative estimate of drug-likeness (QED) is 0.829. The number of carbonyl (C=O) groups is 1. The van der Waals surface area contributed by atoms with Crippen molar-refractivity contribution in [1.82, 2.24) is 10.2 Å². The topological polar surface area (TPSA) is 41.6 Å². The van der Waals surface area contributed by atoms with Crippen LogP contribution < -0.4 is 10.1 Å². The zero-order valence-corrected chi connectivity index (χ0v) is 16.3. The van der Waals surface area contributed by atoms with Crippen molar-refractivity contribution in [2.24, 2.45) is 0 Å². The third-order valence-electron chi connectivity index (χ3n) is 4.61. The van der Waals surface area contributed by atoms with Gasteiger partial charge < -0.3 is 15.0 Å². The summed E-state index contributed by atoms with van der Waals surface area (Å²) in [6, 6.07) is 17.2. The van der Waals surface area contributed by atoms with Gasteiger partial charge in [-0.25, -0.2) is 0 Å². The molecule has 0 spiro atoms. The minimum absolute atomic E-state index is 0. The van der Waals surface area contributed by atoms with Crippen molar-refractivity contribution in [2.45, 2.75) is 25.0 Å². The molecule has 140 valence electrons. The summed E-state index contributed by atoms with van der Waals surface area (Å²) in [5.74, 6) is 0.646. The van der Waals surface area contributed by atoms with Gasteiger partial charge in [0, 0.05) is 29.7 Å². The van der Waals surface area contributed by atoms with Gasteiger partial charge in [-0.1, -0.05) is 41.9 Å². The van der Waals surface area contributed by atoms with E-state index in [4.69, 9.17) is 16.3 Å². The number of rotatable bonds is 5. The smallest absolute Gasteiger partial charge is 0.268 e. The van der Waals surface area contributed by atoms with Gasteiger partial charge in [-0.05, 0) is 44.2 Å². The highest BCUT2D eigenvalue weighted by molar-refractivity contribution is 6.30. The molecule has 2 aromatic carbocycles. The molecule has 0 aromatic heterocycles. The first-order chi connectivity index (χ1) is 12.2. The molecule has 26 heavy (non-hydrogen) atoms.